The highest BCUT2D eigenvalue weighted by Crippen LogP contribution is 2.41. The standard InChI is InChI=1S/C29H20F2N2O8S3/c1-17-5-8-19(9-6-17)44(39,40)41-26-11-7-18(13-25(26)33(35)36)14-28-29(34)32-24-15-20(10-12-27(24)42-28)43(37,38)16-21-22(30)3-2-4-23(21)31/h2-15H,16H2,1H3,(H,32,34)/b28-14-. The first-order valence-electron chi connectivity index (χ1n) is 12.5. The van der Waals surface area contributed by atoms with E-state index in [1.54, 1.807) is 19.1 Å². The van der Waals surface area contributed by atoms with Gasteiger partial charge in [0.15, 0.2) is 9.84 Å². The van der Waals surface area contributed by atoms with Gasteiger partial charge in [-0.05, 0) is 67.1 Å². The molecule has 0 unspecified atom stereocenters. The molecular weight excluding hydrogens is 639 g/mol. The average molecular weight is 659 g/mol. The number of anilines is 1. The molecule has 44 heavy (non-hydrogen) atoms. The van der Waals surface area contributed by atoms with Gasteiger partial charge in [0.05, 0.1) is 26.2 Å². The second-order valence-electron chi connectivity index (χ2n) is 9.52. The first kappa shape index (κ1) is 30.8. The summed E-state index contributed by atoms with van der Waals surface area (Å²) in [5.74, 6) is -4.10. The summed E-state index contributed by atoms with van der Waals surface area (Å²) in [6.07, 6.45) is 1.33. The van der Waals surface area contributed by atoms with E-state index in [1.165, 1.54) is 42.5 Å². The predicted molar refractivity (Wildman–Crippen MR) is 158 cm³/mol. The van der Waals surface area contributed by atoms with Crippen molar-refractivity contribution in [3.63, 3.8) is 0 Å². The summed E-state index contributed by atoms with van der Waals surface area (Å²) < 4.78 is 84.3. The van der Waals surface area contributed by atoms with E-state index in [4.69, 9.17) is 4.18 Å². The molecule has 0 aromatic heterocycles. The van der Waals surface area contributed by atoms with Crippen molar-refractivity contribution in [2.45, 2.75) is 27.4 Å². The largest absolute Gasteiger partial charge is 0.372 e. The fourth-order valence-electron chi connectivity index (χ4n) is 4.14. The molecule has 1 heterocycles. The van der Waals surface area contributed by atoms with E-state index in [2.05, 4.69) is 5.32 Å². The number of benzene rings is 4. The number of aryl methyl sites for hydroxylation is 1. The van der Waals surface area contributed by atoms with Crippen LogP contribution in [0.25, 0.3) is 6.08 Å². The number of amides is 1. The van der Waals surface area contributed by atoms with E-state index < -0.39 is 65.2 Å². The molecule has 1 N–H and O–H groups in total. The Balaban J connectivity index is 1.39. The van der Waals surface area contributed by atoms with Gasteiger partial charge in [-0.2, -0.15) is 8.42 Å². The highest BCUT2D eigenvalue weighted by atomic mass is 32.2. The first-order chi connectivity index (χ1) is 20.7. The van der Waals surface area contributed by atoms with Crippen molar-refractivity contribution in [3.8, 4) is 5.75 Å². The van der Waals surface area contributed by atoms with Crippen molar-refractivity contribution >= 4 is 55.1 Å². The Bertz CT molecular complexity index is 2060. The molecule has 0 atom stereocenters. The average Bonchev–Trinajstić information content (AvgIpc) is 2.96. The fourth-order valence-corrected chi connectivity index (χ4v) is 7.41. The lowest BCUT2D eigenvalue weighted by molar-refractivity contribution is -0.385. The van der Waals surface area contributed by atoms with E-state index in [-0.39, 0.29) is 25.9 Å². The fraction of sp³-hybridized carbons (Fsp3) is 0.0690. The molecule has 15 heteroatoms. The van der Waals surface area contributed by atoms with E-state index >= 15 is 0 Å². The van der Waals surface area contributed by atoms with E-state index in [9.17, 15) is 40.5 Å². The number of rotatable bonds is 8. The summed E-state index contributed by atoms with van der Waals surface area (Å²) in [7, 11) is -8.57. The van der Waals surface area contributed by atoms with Crippen LogP contribution in [0.4, 0.5) is 20.2 Å². The Morgan fingerprint density at radius 2 is 1.59 bits per heavy atom. The minimum absolute atomic E-state index is 0.0942. The summed E-state index contributed by atoms with van der Waals surface area (Å²) in [6, 6.07) is 16.1. The maximum absolute atomic E-state index is 14.0. The van der Waals surface area contributed by atoms with Crippen molar-refractivity contribution in [1.29, 1.82) is 0 Å². The summed E-state index contributed by atoms with van der Waals surface area (Å²) in [5.41, 5.74) is -0.126. The number of nitro benzene ring substituents is 1. The lowest BCUT2D eigenvalue weighted by atomic mass is 10.1. The summed E-state index contributed by atoms with van der Waals surface area (Å²) in [4.78, 5) is 23.9. The SMILES string of the molecule is Cc1ccc(S(=O)(=O)Oc2ccc(/C=C3\Sc4ccc(S(=O)(=O)Cc5c(F)cccc5F)cc4NC3=O)cc2[N+](=O)[O-])cc1. The van der Waals surface area contributed by atoms with Crippen LogP contribution in [-0.4, -0.2) is 27.7 Å². The number of nitrogens with zero attached hydrogens (tertiary/aromatic N) is 1. The second-order valence-corrected chi connectivity index (χ2v) is 14.1. The van der Waals surface area contributed by atoms with Crippen LogP contribution in [0.1, 0.15) is 16.7 Å². The number of nitro groups is 1. The maximum atomic E-state index is 14.0. The number of halogens is 2. The van der Waals surface area contributed by atoms with Crippen LogP contribution in [0.5, 0.6) is 5.75 Å². The number of fused-ring (bicyclic) bond motifs is 1. The number of carbonyl (C=O) groups excluding carboxylic acids is 1. The van der Waals surface area contributed by atoms with Crippen molar-refractivity contribution in [2.75, 3.05) is 5.32 Å². The zero-order valence-electron chi connectivity index (χ0n) is 22.5. The van der Waals surface area contributed by atoms with Crippen molar-refractivity contribution in [1.82, 2.24) is 0 Å². The molecule has 0 saturated heterocycles. The first-order valence-corrected chi connectivity index (χ1v) is 16.4. The predicted octanol–water partition coefficient (Wildman–Crippen LogP) is 6.01. The van der Waals surface area contributed by atoms with Gasteiger partial charge in [-0.15, -0.1) is 0 Å². The Hall–Kier alpha value is -4.60. The van der Waals surface area contributed by atoms with Crippen LogP contribution < -0.4 is 9.50 Å². The Kier molecular flexibility index (Phi) is 8.29. The number of hydrogen-bond acceptors (Lipinski definition) is 9. The lowest BCUT2D eigenvalue weighted by Crippen LogP contribution is -2.18. The molecule has 0 aliphatic carbocycles. The topological polar surface area (TPSA) is 150 Å². The third-order valence-electron chi connectivity index (χ3n) is 6.38. The molecule has 0 bridgehead atoms. The molecule has 0 fully saturated rings. The summed E-state index contributed by atoms with van der Waals surface area (Å²) >= 11 is 0.952. The van der Waals surface area contributed by atoms with Crippen LogP contribution in [-0.2, 0) is 30.5 Å². The lowest BCUT2D eigenvalue weighted by Gasteiger charge is -2.19. The molecule has 1 aliphatic heterocycles. The van der Waals surface area contributed by atoms with Gasteiger partial charge in [-0.1, -0.05) is 41.6 Å². The monoisotopic (exact) mass is 658 g/mol. The molecule has 226 valence electrons. The molecule has 0 spiro atoms. The number of nitrogens with one attached hydrogen (secondary N) is 1. The number of carbonyl (C=O) groups is 1. The summed E-state index contributed by atoms with van der Waals surface area (Å²) in [5, 5.41) is 14.3. The summed E-state index contributed by atoms with van der Waals surface area (Å²) in [6.45, 7) is 1.76. The minimum atomic E-state index is -4.37. The molecule has 4 aromatic rings. The number of thioether (sulfide) groups is 1. The zero-order chi connectivity index (χ0) is 31.8. The van der Waals surface area contributed by atoms with Gasteiger partial charge in [0.1, 0.15) is 16.5 Å². The van der Waals surface area contributed by atoms with Crippen LogP contribution in [0.3, 0.4) is 0 Å². The highest BCUT2D eigenvalue weighted by molar-refractivity contribution is 8.04. The van der Waals surface area contributed by atoms with Crippen LogP contribution in [0, 0.1) is 28.7 Å². The van der Waals surface area contributed by atoms with Gasteiger partial charge < -0.3 is 9.50 Å². The number of sulfone groups is 1. The van der Waals surface area contributed by atoms with Gasteiger partial charge in [-0.3, -0.25) is 14.9 Å². The van der Waals surface area contributed by atoms with E-state index in [1.807, 2.05) is 0 Å². The highest BCUT2D eigenvalue weighted by Gasteiger charge is 2.27. The molecule has 0 saturated carbocycles. The molecule has 0 radical (unpaired) electrons. The minimum Gasteiger partial charge on any atom is -0.372 e. The van der Waals surface area contributed by atoms with Gasteiger partial charge in [0, 0.05) is 16.5 Å². The van der Waals surface area contributed by atoms with Gasteiger partial charge in [0.25, 0.3) is 5.91 Å². The molecule has 4 aromatic carbocycles. The maximum Gasteiger partial charge on any atom is 0.339 e. The third-order valence-corrected chi connectivity index (χ3v) is 10.4. The smallest absolute Gasteiger partial charge is 0.339 e. The number of hydrogen-bond donors (Lipinski definition) is 1. The molecule has 10 nitrogen and oxygen atoms in total. The molecule has 5 rings (SSSR count). The van der Waals surface area contributed by atoms with Crippen molar-refractivity contribution < 1.29 is 39.5 Å². The molecule has 1 amide bonds. The van der Waals surface area contributed by atoms with Crippen LogP contribution in [0.2, 0.25) is 0 Å². The van der Waals surface area contributed by atoms with Gasteiger partial charge in [-0.25, -0.2) is 17.2 Å². The van der Waals surface area contributed by atoms with Gasteiger partial charge >= 0.3 is 15.8 Å². The van der Waals surface area contributed by atoms with E-state index in [0.717, 1.165) is 47.7 Å². The van der Waals surface area contributed by atoms with Crippen LogP contribution >= 0.6 is 11.8 Å². The normalized spacial score (nSPS) is 14.2. The Labute approximate surface area is 254 Å². The van der Waals surface area contributed by atoms with E-state index in [0.29, 0.717) is 4.90 Å². The van der Waals surface area contributed by atoms with Crippen LogP contribution in [0.15, 0.2) is 98.5 Å². The van der Waals surface area contributed by atoms with Gasteiger partial charge in [0.2, 0.25) is 5.75 Å². The van der Waals surface area contributed by atoms with Crippen molar-refractivity contribution in [2.24, 2.45) is 0 Å². The molecule has 1 aliphatic rings. The second kappa shape index (κ2) is 11.8. The Morgan fingerprint density at radius 1 is 0.932 bits per heavy atom. The third kappa shape index (κ3) is 6.49. The quantitative estimate of drug-likeness (QED) is 0.104. The van der Waals surface area contributed by atoms with Crippen molar-refractivity contribution in [3.05, 3.63) is 122 Å². The zero-order valence-corrected chi connectivity index (χ0v) is 24.9. The Morgan fingerprint density at radius 3 is 2.25 bits per heavy atom. The molecular formula is C29H20F2N2O8S3.